The van der Waals surface area contributed by atoms with Gasteiger partial charge in [-0.3, -0.25) is 4.79 Å². The van der Waals surface area contributed by atoms with Gasteiger partial charge in [-0.1, -0.05) is 43.2 Å². The van der Waals surface area contributed by atoms with Crippen LogP contribution in [0.2, 0.25) is 0 Å². The normalized spacial score (nSPS) is 33.0. The van der Waals surface area contributed by atoms with Crippen LogP contribution in [0, 0.1) is 17.8 Å². The average Bonchev–Trinajstić information content (AvgIpc) is 2.74. The first-order valence-corrected chi connectivity index (χ1v) is 11.2. The molecule has 27 heavy (non-hydrogen) atoms. The number of fused-ring (bicyclic) bond motifs is 3. The average molecular weight is 370 g/mol. The van der Waals surface area contributed by atoms with Crippen LogP contribution in [0.3, 0.4) is 0 Å². The Morgan fingerprint density at radius 1 is 1.00 bits per heavy atom. The zero-order valence-electron chi connectivity index (χ0n) is 16.7. The molecule has 0 radical (unpaired) electrons. The molecular weight excluding hydrogens is 334 g/mol. The number of nitrogens with zero attached hydrogens (tertiary/aromatic N) is 1. The lowest BCUT2D eigenvalue weighted by atomic mass is 9.73. The molecule has 3 saturated heterocycles. The summed E-state index contributed by atoms with van der Waals surface area (Å²) >= 11 is 0. The molecule has 148 valence electrons. The SMILES string of the molecule is O=C(CCC[C@@H]1CCCC[C@@H]1c1ccccc1)OCC1CN2CCC1CC2. The Hall–Kier alpha value is -1.35. The van der Waals surface area contributed by atoms with Gasteiger partial charge in [0.2, 0.25) is 0 Å². The number of benzene rings is 1. The molecule has 1 aromatic carbocycles. The number of hydrogen-bond donors (Lipinski definition) is 0. The van der Waals surface area contributed by atoms with Crippen molar-refractivity contribution in [3.8, 4) is 0 Å². The van der Waals surface area contributed by atoms with E-state index in [0.29, 0.717) is 24.9 Å². The highest BCUT2D eigenvalue weighted by molar-refractivity contribution is 5.69. The molecule has 2 bridgehead atoms. The minimum Gasteiger partial charge on any atom is -0.465 e. The second-order valence-electron chi connectivity index (χ2n) is 9.04. The first kappa shape index (κ1) is 19.0. The summed E-state index contributed by atoms with van der Waals surface area (Å²) in [6.45, 7) is 4.28. The van der Waals surface area contributed by atoms with Crippen LogP contribution in [-0.4, -0.2) is 37.1 Å². The molecule has 4 fully saturated rings. The molecule has 3 aliphatic heterocycles. The van der Waals surface area contributed by atoms with E-state index >= 15 is 0 Å². The Morgan fingerprint density at radius 3 is 2.52 bits per heavy atom. The Bertz CT molecular complexity index is 594. The van der Waals surface area contributed by atoms with Gasteiger partial charge in [0.15, 0.2) is 0 Å². The minimum absolute atomic E-state index is 0.0264. The van der Waals surface area contributed by atoms with Gasteiger partial charge in [0.1, 0.15) is 0 Å². The lowest BCUT2D eigenvalue weighted by Gasteiger charge is -2.44. The van der Waals surface area contributed by atoms with Crippen molar-refractivity contribution >= 4 is 5.97 Å². The third-order valence-electron chi connectivity index (χ3n) is 7.34. The van der Waals surface area contributed by atoms with Crippen LogP contribution < -0.4 is 0 Å². The van der Waals surface area contributed by atoms with Crippen LogP contribution in [0.1, 0.15) is 69.3 Å². The number of carbonyl (C=O) groups excluding carboxylic acids is 1. The molecule has 1 unspecified atom stereocenters. The molecule has 1 aliphatic carbocycles. The van der Waals surface area contributed by atoms with E-state index in [-0.39, 0.29) is 5.97 Å². The highest BCUT2D eigenvalue weighted by Crippen LogP contribution is 2.40. The lowest BCUT2D eigenvalue weighted by Crippen LogP contribution is -2.48. The summed E-state index contributed by atoms with van der Waals surface area (Å²) < 4.78 is 5.67. The number of piperidine rings is 3. The van der Waals surface area contributed by atoms with E-state index in [1.807, 2.05) is 0 Å². The summed E-state index contributed by atoms with van der Waals surface area (Å²) in [5.41, 5.74) is 1.49. The maximum Gasteiger partial charge on any atom is 0.305 e. The second kappa shape index (κ2) is 9.23. The van der Waals surface area contributed by atoms with Crippen LogP contribution in [0.15, 0.2) is 30.3 Å². The summed E-state index contributed by atoms with van der Waals surface area (Å²) in [7, 11) is 0. The summed E-state index contributed by atoms with van der Waals surface area (Å²) in [5, 5.41) is 0. The van der Waals surface area contributed by atoms with Gasteiger partial charge in [-0.25, -0.2) is 0 Å². The van der Waals surface area contributed by atoms with E-state index in [0.717, 1.165) is 31.2 Å². The summed E-state index contributed by atoms with van der Waals surface area (Å²) in [4.78, 5) is 14.8. The fourth-order valence-electron chi connectivity index (χ4n) is 5.75. The van der Waals surface area contributed by atoms with Crippen LogP contribution in [0.4, 0.5) is 0 Å². The standard InChI is InChI=1S/C24H35NO2/c26-24(27-18-22-17-25-15-13-19(22)14-16-25)12-6-10-21-9-4-5-11-23(21)20-7-2-1-3-8-20/h1-3,7-8,19,21-23H,4-6,9-18H2/t21-,22?,23+/m0/s1. The smallest absolute Gasteiger partial charge is 0.305 e. The van der Waals surface area contributed by atoms with Gasteiger partial charge in [-0.05, 0) is 74.9 Å². The van der Waals surface area contributed by atoms with Crippen molar-refractivity contribution in [3.05, 3.63) is 35.9 Å². The first-order chi connectivity index (χ1) is 13.3. The molecule has 3 heteroatoms. The second-order valence-corrected chi connectivity index (χ2v) is 9.04. The van der Waals surface area contributed by atoms with Crippen molar-refractivity contribution < 1.29 is 9.53 Å². The van der Waals surface area contributed by atoms with Crippen LogP contribution >= 0.6 is 0 Å². The van der Waals surface area contributed by atoms with Crippen molar-refractivity contribution in [1.82, 2.24) is 4.90 Å². The third kappa shape index (κ3) is 4.93. The van der Waals surface area contributed by atoms with Crippen molar-refractivity contribution in [3.63, 3.8) is 0 Å². The first-order valence-electron chi connectivity index (χ1n) is 11.2. The Labute approximate surface area is 164 Å². The Kier molecular flexibility index (Phi) is 6.49. The van der Waals surface area contributed by atoms with E-state index in [2.05, 4.69) is 35.2 Å². The quantitative estimate of drug-likeness (QED) is 0.632. The predicted molar refractivity (Wildman–Crippen MR) is 109 cm³/mol. The van der Waals surface area contributed by atoms with Crippen LogP contribution in [0.25, 0.3) is 0 Å². The van der Waals surface area contributed by atoms with E-state index in [1.165, 1.54) is 57.2 Å². The molecule has 3 nitrogen and oxygen atoms in total. The Balaban J connectivity index is 1.19. The van der Waals surface area contributed by atoms with E-state index < -0.39 is 0 Å². The molecule has 3 heterocycles. The van der Waals surface area contributed by atoms with Gasteiger partial charge in [-0.15, -0.1) is 0 Å². The maximum atomic E-state index is 12.2. The maximum absolute atomic E-state index is 12.2. The van der Waals surface area contributed by atoms with E-state index in [1.54, 1.807) is 0 Å². The molecule has 0 N–H and O–H groups in total. The summed E-state index contributed by atoms with van der Waals surface area (Å²) in [6.07, 6.45) is 10.6. The van der Waals surface area contributed by atoms with Crippen LogP contribution in [-0.2, 0) is 9.53 Å². The number of esters is 1. The van der Waals surface area contributed by atoms with Crippen molar-refractivity contribution in [2.75, 3.05) is 26.2 Å². The fraction of sp³-hybridized carbons (Fsp3) is 0.708. The number of ether oxygens (including phenoxy) is 1. The summed E-state index contributed by atoms with van der Waals surface area (Å²) in [6, 6.07) is 11.0. The molecule has 0 amide bonds. The summed E-state index contributed by atoms with van der Waals surface area (Å²) in [5.74, 6) is 2.81. The zero-order valence-corrected chi connectivity index (χ0v) is 16.7. The van der Waals surface area contributed by atoms with E-state index in [4.69, 9.17) is 4.74 Å². The monoisotopic (exact) mass is 369 g/mol. The van der Waals surface area contributed by atoms with Crippen molar-refractivity contribution in [2.24, 2.45) is 17.8 Å². The van der Waals surface area contributed by atoms with Gasteiger partial charge in [0.05, 0.1) is 6.61 Å². The van der Waals surface area contributed by atoms with Gasteiger partial charge in [0, 0.05) is 18.9 Å². The molecule has 5 rings (SSSR count). The predicted octanol–water partition coefficient (Wildman–Crippen LogP) is 5.02. The number of carbonyl (C=O) groups is 1. The third-order valence-corrected chi connectivity index (χ3v) is 7.34. The molecule has 0 spiro atoms. The minimum atomic E-state index is 0.0264. The van der Waals surface area contributed by atoms with E-state index in [9.17, 15) is 4.79 Å². The highest BCUT2D eigenvalue weighted by Gasteiger charge is 2.34. The molecular formula is C24H35NO2. The number of hydrogen-bond acceptors (Lipinski definition) is 3. The lowest BCUT2D eigenvalue weighted by molar-refractivity contribution is -0.147. The largest absolute Gasteiger partial charge is 0.465 e. The topological polar surface area (TPSA) is 29.5 Å². The molecule has 4 aliphatic rings. The van der Waals surface area contributed by atoms with Gasteiger partial charge >= 0.3 is 5.97 Å². The van der Waals surface area contributed by atoms with Crippen LogP contribution in [0.5, 0.6) is 0 Å². The van der Waals surface area contributed by atoms with Gasteiger partial charge in [-0.2, -0.15) is 0 Å². The van der Waals surface area contributed by atoms with Gasteiger partial charge < -0.3 is 9.64 Å². The molecule has 0 aromatic heterocycles. The van der Waals surface area contributed by atoms with Gasteiger partial charge in [0.25, 0.3) is 0 Å². The zero-order chi connectivity index (χ0) is 18.5. The molecule has 3 atom stereocenters. The number of rotatable bonds is 7. The molecule has 1 aromatic rings. The highest BCUT2D eigenvalue weighted by atomic mass is 16.5. The molecule has 1 saturated carbocycles. The Morgan fingerprint density at radius 2 is 1.78 bits per heavy atom. The van der Waals surface area contributed by atoms with Crippen molar-refractivity contribution in [1.29, 1.82) is 0 Å². The fourth-order valence-corrected chi connectivity index (χ4v) is 5.75. The van der Waals surface area contributed by atoms with Crippen molar-refractivity contribution in [2.45, 2.75) is 63.7 Å².